The summed E-state index contributed by atoms with van der Waals surface area (Å²) < 4.78 is 13.7. The molecule has 1 aromatic carbocycles. The third kappa shape index (κ3) is 6.69. The maximum absolute atomic E-state index is 13.7. The molecule has 0 aliphatic heterocycles. The summed E-state index contributed by atoms with van der Waals surface area (Å²) in [5, 5.41) is 8.01. The Hall–Kier alpha value is -2.96. The third-order valence-electron chi connectivity index (χ3n) is 3.74. The Morgan fingerprint density at radius 1 is 1.19 bits per heavy atom. The smallest absolute Gasteiger partial charge is 0.319 e. The fourth-order valence-electron chi connectivity index (χ4n) is 2.66. The van der Waals surface area contributed by atoms with Crippen LogP contribution in [-0.2, 0) is 4.79 Å². The molecule has 1 aromatic heterocycles. The first kappa shape index (κ1) is 20.4. The van der Waals surface area contributed by atoms with Crippen LogP contribution in [-0.4, -0.2) is 16.9 Å². The van der Waals surface area contributed by atoms with Crippen molar-refractivity contribution in [2.45, 2.75) is 40.2 Å². The second kappa shape index (κ2) is 8.62. The number of hydrogen-bond donors (Lipinski definition) is 3. The first-order valence-electron chi connectivity index (χ1n) is 8.68. The minimum absolute atomic E-state index is 0.0117. The molecule has 0 saturated heterocycles. The van der Waals surface area contributed by atoms with E-state index in [9.17, 15) is 14.0 Å². The van der Waals surface area contributed by atoms with E-state index in [1.165, 1.54) is 25.1 Å². The van der Waals surface area contributed by atoms with Crippen molar-refractivity contribution >= 4 is 23.3 Å². The van der Waals surface area contributed by atoms with Gasteiger partial charge in [-0.2, -0.15) is 0 Å². The van der Waals surface area contributed by atoms with Crippen molar-refractivity contribution in [3.63, 3.8) is 0 Å². The first-order valence-corrected chi connectivity index (χ1v) is 8.68. The molecule has 6 nitrogen and oxygen atoms in total. The van der Waals surface area contributed by atoms with E-state index in [1.54, 1.807) is 12.4 Å². The average molecular weight is 372 g/mol. The summed E-state index contributed by atoms with van der Waals surface area (Å²) in [6.45, 7) is 7.57. The predicted molar refractivity (Wildman–Crippen MR) is 104 cm³/mol. The number of rotatable bonds is 5. The lowest BCUT2D eigenvalue weighted by Gasteiger charge is -2.27. The highest BCUT2D eigenvalue weighted by molar-refractivity contribution is 5.92. The van der Waals surface area contributed by atoms with Crippen molar-refractivity contribution in [2.24, 2.45) is 5.41 Å². The number of anilines is 2. The number of carbonyl (C=O) groups excluding carboxylic acids is 2. The zero-order valence-electron chi connectivity index (χ0n) is 16.0. The monoisotopic (exact) mass is 372 g/mol. The number of pyridine rings is 1. The normalized spacial score (nSPS) is 12.2. The molecule has 2 aromatic rings. The lowest BCUT2D eigenvalue weighted by molar-refractivity contribution is -0.114. The first-order chi connectivity index (χ1) is 12.6. The Balaban J connectivity index is 2.13. The molecular formula is C20H25FN4O2. The van der Waals surface area contributed by atoms with E-state index in [1.807, 2.05) is 12.1 Å². The van der Waals surface area contributed by atoms with Crippen LogP contribution in [0.1, 0.15) is 45.7 Å². The van der Waals surface area contributed by atoms with Crippen LogP contribution in [0.2, 0.25) is 0 Å². The average Bonchev–Trinajstić information content (AvgIpc) is 2.56. The van der Waals surface area contributed by atoms with Crippen molar-refractivity contribution in [1.29, 1.82) is 0 Å². The SMILES string of the molecule is CC(=O)Nc1cc(NC(=O)N[C@@H](CC(C)(C)C)c2cccnc2)ccc1F. The van der Waals surface area contributed by atoms with Crippen LogP contribution in [0.3, 0.4) is 0 Å². The molecule has 0 fully saturated rings. The zero-order valence-corrected chi connectivity index (χ0v) is 16.0. The van der Waals surface area contributed by atoms with E-state index < -0.39 is 17.8 Å². The number of aromatic nitrogens is 1. The lowest BCUT2D eigenvalue weighted by Crippen LogP contribution is -2.34. The summed E-state index contributed by atoms with van der Waals surface area (Å²) in [5.74, 6) is -0.963. The number of hydrogen-bond acceptors (Lipinski definition) is 3. The van der Waals surface area contributed by atoms with Gasteiger partial charge in [0.1, 0.15) is 5.82 Å². The van der Waals surface area contributed by atoms with Gasteiger partial charge in [-0.25, -0.2) is 9.18 Å². The van der Waals surface area contributed by atoms with Crippen LogP contribution in [0.15, 0.2) is 42.7 Å². The van der Waals surface area contributed by atoms with Crippen LogP contribution >= 0.6 is 0 Å². The maximum Gasteiger partial charge on any atom is 0.319 e. The van der Waals surface area contributed by atoms with Crippen molar-refractivity contribution in [3.8, 4) is 0 Å². The van der Waals surface area contributed by atoms with Crippen molar-refractivity contribution in [1.82, 2.24) is 10.3 Å². The highest BCUT2D eigenvalue weighted by atomic mass is 19.1. The van der Waals surface area contributed by atoms with Gasteiger partial charge in [-0.15, -0.1) is 0 Å². The standard InChI is InChI=1S/C20H25FN4O2/c1-13(26)23-17-10-15(7-8-16(17)21)24-19(27)25-18(11-20(2,3)4)14-6-5-9-22-12-14/h5-10,12,18H,11H2,1-4H3,(H,23,26)(H2,24,25,27)/t18-/m0/s1. The largest absolute Gasteiger partial charge is 0.331 e. The third-order valence-corrected chi connectivity index (χ3v) is 3.74. The predicted octanol–water partition coefficient (Wildman–Crippen LogP) is 4.48. The van der Waals surface area contributed by atoms with Crippen molar-refractivity contribution in [2.75, 3.05) is 10.6 Å². The van der Waals surface area contributed by atoms with Gasteiger partial charge >= 0.3 is 6.03 Å². The summed E-state index contributed by atoms with van der Waals surface area (Å²) in [5.41, 5.74) is 1.28. The Kier molecular flexibility index (Phi) is 6.50. The molecule has 27 heavy (non-hydrogen) atoms. The highest BCUT2D eigenvalue weighted by Gasteiger charge is 2.22. The highest BCUT2D eigenvalue weighted by Crippen LogP contribution is 2.29. The Morgan fingerprint density at radius 3 is 2.52 bits per heavy atom. The summed E-state index contributed by atoms with van der Waals surface area (Å²) in [6, 6.07) is 7.08. The molecule has 0 unspecified atom stereocenters. The second-order valence-corrected chi connectivity index (χ2v) is 7.58. The molecule has 0 saturated carbocycles. The van der Waals surface area contributed by atoms with Crippen LogP contribution in [0.5, 0.6) is 0 Å². The van der Waals surface area contributed by atoms with Gasteiger partial charge in [0.25, 0.3) is 0 Å². The number of nitrogens with zero attached hydrogens (tertiary/aromatic N) is 1. The lowest BCUT2D eigenvalue weighted by atomic mass is 9.86. The Morgan fingerprint density at radius 2 is 1.93 bits per heavy atom. The van der Waals surface area contributed by atoms with E-state index in [4.69, 9.17) is 0 Å². The minimum atomic E-state index is -0.572. The van der Waals surface area contributed by atoms with E-state index >= 15 is 0 Å². The fraction of sp³-hybridized carbons (Fsp3) is 0.350. The van der Waals surface area contributed by atoms with Crippen LogP contribution in [0, 0.1) is 11.2 Å². The molecule has 144 valence electrons. The molecule has 3 N–H and O–H groups in total. The number of halogens is 1. The maximum atomic E-state index is 13.7. The second-order valence-electron chi connectivity index (χ2n) is 7.58. The van der Waals surface area contributed by atoms with Gasteiger partial charge in [-0.3, -0.25) is 9.78 Å². The number of amides is 3. The van der Waals surface area contributed by atoms with Gasteiger partial charge in [0.2, 0.25) is 5.91 Å². The topological polar surface area (TPSA) is 83.1 Å². The van der Waals surface area contributed by atoms with Gasteiger partial charge in [0.05, 0.1) is 11.7 Å². The zero-order chi connectivity index (χ0) is 20.0. The van der Waals surface area contributed by atoms with Crippen LogP contribution < -0.4 is 16.0 Å². The number of nitrogens with one attached hydrogen (secondary N) is 3. The number of benzene rings is 1. The number of urea groups is 1. The van der Waals surface area contributed by atoms with Crippen molar-refractivity contribution in [3.05, 3.63) is 54.1 Å². The van der Waals surface area contributed by atoms with E-state index in [0.29, 0.717) is 12.1 Å². The molecule has 2 rings (SSSR count). The Bertz CT molecular complexity index is 803. The molecule has 0 spiro atoms. The summed E-state index contributed by atoms with van der Waals surface area (Å²) in [7, 11) is 0. The van der Waals surface area contributed by atoms with Gasteiger partial charge in [0.15, 0.2) is 0 Å². The summed E-state index contributed by atoms with van der Waals surface area (Å²) in [6.07, 6.45) is 4.12. The molecule has 7 heteroatoms. The molecule has 0 bridgehead atoms. The van der Waals surface area contributed by atoms with Gasteiger partial charge < -0.3 is 16.0 Å². The van der Waals surface area contributed by atoms with E-state index in [-0.39, 0.29) is 17.1 Å². The Labute approximate surface area is 158 Å². The molecular weight excluding hydrogens is 347 g/mol. The molecule has 0 radical (unpaired) electrons. The molecule has 0 aliphatic carbocycles. The summed E-state index contributed by atoms with van der Waals surface area (Å²) in [4.78, 5) is 27.7. The van der Waals surface area contributed by atoms with Crippen molar-refractivity contribution < 1.29 is 14.0 Å². The molecule has 1 heterocycles. The number of carbonyl (C=O) groups is 2. The molecule has 3 amide bonds. The molecule has 1 atom stereocenters. The van der Waals surface area contributed by atoms with Crippen LogP contribution in [0.25, 0.3) is 0 Å². The van der Waals surface area contributed by atoms with Gasteiger partial charge in [-0.05, 0) is 41.7 Å². The van der Waals surface area contributed by atoms with E-state index in [0.717, 1.165) is 5.56 Å². The fourth-order valence-corrected chi connectivity index (χ4v) is 2.66. The quantitative estimate of drug-likeness (QED) is 0.724. The van der Waals surface area contributed by atoms with Crippen LogP contribution in [0.4, 0.5) is 20.6 Å². The van der Waals surface area contributed by atoms with Gasteiger partial charge in [0, 0.05) is 25.0 Å². The van der Waals surface area contributed by atoms with Gasteiger partial charge in [-0.1, -0.05) is 26.8 Å². The molecule has 0 aliphatic rings. The van der Waals surface area contributed by atoms with E-state index in [2.05, 4.69) is 41.7 Å². The minimum Gasteiger partial charge on any atom is -0.331 e. The summed E-state index contributed by atoms with van der Waals surface area (Å²) >= 11 is 0.